The minimum atomic E-state index is -3.30. The predicted octanol–water partition coefficient (Wildman–Crippen LogP) is 3.79. The largest absolute Gasteiger partial charge is 0.434 e. The fraction of sp³-hybridized carbons (Fsp3) is 0.435. The van der Waals surface area contributed by atoms with E-state index in [-0.39, 0.29) is 23.6 Å². The van der Waals surface area contributed by atoms with Gasteiger partial charge in [-0.05, 0) is 37.0 Å². The van der Waals surface area contributed by atoms with Crippen molar-refractivity contribution in [1.82, 2.24) is 9.62 Å². The van der Waals surface area contributed by atoms with Crippen molar-refractivity contribution in [1.29, 1.82) is 0 Å². The van der Waals surface area contributed by atoms with Gasteiger partial charge in [-0.15, -0.1) is 0 Å². The number of nitrogens with zero attached hydrogens (tertiary/aromatic N) is 1. The molecule has 3 rings (SSSR count). The van der Waals surface area contributed by atoms with Crippen LogP contribution in [-0.2, 0) is 15.4 Å². The van der Waals surface area contributed by atoms with Gasteiger partial charge in [-0.1, -0.05) is 49.4 Å². The molecular formula is C23H28F2N2O4S. The number of para-hydroxylation sites is 1. The van der Waals surface area contributed by atoms with Gasteiger partial charge in [-0.25, -0.2) is 12.7 Å². The molecule has 0 bridgehead atoms. The number of hydrogen-bond donors (Lipinski definition) is 1. The zero-order chi connectivity index (χ0) is 23.2. The van der Waals surface area contributed by atoms with E-state index < -0.39 is 28.0 Å². The highest BCUT2D eigenvalue weighted by molar-refractivity contribution is 7.89. The van der Waals surface area contributed by atoms with Gasteiger partial charge in [-0.3, -0.25) is 4.79 Å². The number of benzene rings is 2. The van der Waals surface area contributed by atoms with Crippen LogP contribution in [0.5, 0.6) is 5.75 Å². The monoisotopic (exact) mass is 466 g/mol. The summed E-state index contributed by atoms with van der Waals surface area (Å²) in [6, 6.07) is 15.5. The van der Waals surface area contributed by atoms with Crippen LogP contribution >= 0.6 is 0 Å². The lowest BCUT2D eigenvalue weighted by Crippen LogP contribution is -2.50. The molecule has 1 fully saturated rings. The van der Waals surface area contributed by atoms with Crippen LogP contribution in [0.15, 0.2) is 54.6 Å². The van der Waals surface area contributed by atoms with Crippen LogP contribution in [-0.4, -0.2) is 50.6 Å². The highest BCUT2D eigenvalue weighted by atomic mass is 32.2. The first-order valence-electron chi connectivity index (χ1n) is 10.6. The molecule has 2 aromatic carbocycles. The minimum Gasteiger partial charge on any atom is -0.434 e. The summed E-state index contributed by atoms with van der Waals surface area (Å²) in [7, 11) is -3.30. The van der Waals surface area contributed by atoms with Gasteiger partial charge in [0.05, 0.1) is 11.3 Å². The topological polar surface area (TPSA) is 75.7 Å². The van der Waals surface area contributed by atoms with Crippen molar-refractivity contribution in [2.75, 3.05) is 25.4 Å². The van der Waals surface area contributed by atoms with E-state index in [1.54, 1.807) is 6.07 Å². The molecule has 0 aliphatic carbocycles. The summed E-state index contributed by atoms with van der Waals surface area (Å²) in [5.41, 5.74) is 0.567. The number of halogens is 2. The average Bonchev–Trinajstić information content (AvgIpc) is 2.78. The Balaban J connectivity index is 1.79. The summed E-state index contributed by atoms with van der Waals surface area (Å²) in [5, 5.41) is 2.87. The van der Waals surface area contributed by atoms with E-state index in [4.69, 9.17) is 0 Å². The van der Waals surface area contributed by atoms with Gasteiger partial charge in [0, 0.05) is 25.0 Å². The van der Waals surface area contributed by atoms with Crippen molar-refractivity contribution in [2.45, 2.75) is 38.2 Å². The molecule has 0 radical (unpaired) electrons. The number of carbonyl (C=O) groups is 1. The number of alkyl halides is 2. The number of sulfonamides is 1. The van der Waals surface area contributed by atoms with Gasteiger partial charge >= 0.3 is 6.61 Å². The molecule has 0 saturated carbocycles. The number of rotatable bonds is 9. The summed E-state index contributed by atoms with van der Waals surface area (Å²) in [5.74, 6) is -0.588. The van der Waals surface area contributed by atoms with Crippen LogP contribution in [0, 0.1) is 0 Å². The third kappa shape index (κ3) is 5.63. The SMILES string of the molecule is CCCS(=O)(=O)N1CCC(CNC(=O)c2ccccc2OC(F)F)(c2ccccc2)CC1. The zero-order valence-electron chi connectivity index (χ0n) is 18.0. The molecule has 0 spiro atoms. The summed E-state index contributed by atoms with van der Waals surface area (Å²) in [6.07, 6.45) is 1.63. The minimum absolute atomic E-state index is 0.0268. The molecule has 1 saturated heterocycles. The van der Waals surface area contributed by atoms with Crippen LogP contribution in [0.4, 0.5) is 8.78 Å². The average molecular weight is 467 g/mol. The van der Waals surface area contributed by atoms with E-state index in [9.17, 15) is 22.0 Å². The molecule has 0 atom stereocenters. The number of ether oxygens (including phenoxy) is 1. The smallest absolute Gasteiger partial charge is 0.387 e. The maximum absolute atomic E-state index is 12.8. The first kappa shape index (κ1) is 24.1. The highest BCUT2D eigenvalue weighted by Gasteiger charge is 2.39. The Morgan fingerprint density at radius 1 is 1.09 bits per heavy atom. The first-order valence-corrected chi connectivity index (χ1v) is 12.2. The molecule has 32 heavy (non-hydrogen) atoms. The summed E-state index contributed by atoms with van der Waals surface area (Å²) in [4.78, 5) is 12.8. The van der Waals surface area contributed by atoms with Crippen LogP contribution in [0.3, 0.4) is 0 Å². The predicted molar refractivity (Wildman–Crippen MR) is 118 cm³/mol. The summed E-state index contributed by atoms with van der Waals surface area (Å²) in [6.45, 7) is -0.230. The van der Waals surface area contributed by atoms with E-state index in [1.807, 2.05) is 37.3 Å². The molecule has 1 amide bonds. The van der Waals surface area contributed by atoms with Crippen molar-refractivity contribution in [2.24, 2.45) is 0 Å². The summed E-state index contributed by atoms with van der Waals surface area (Å²) < 4.78 is 56.4. The van der Waals surface area contributed by atoms with Crippen molar-refractivity contribution in [3.63, 3.8) is 0 Å². The molecule has 0 unspecified atom stereocenters. The fourth-order valence-corrected chi connectivity index (χ4v) is 5.65. The lowest BCUT2D eigenvalue weighted by atomic mass is 9.73. The van der Waals surface area contributed by atoms with Gasteiger partial charge in [0.25, 0.3) is 5.91 Å². The van der Waals surface area contributed by atoms with Crippen molar-refractivity contribution >= 4 is 15.9 Å². The molecule has 174 valence electrons. The maximum atomic E-state index is 12.8. The van der Waals surface area contributed by atoms with E-state index in [0.29, 0.717) is 32.4 Å². The second-order valence-electron chi connectivity index (χ2n) is 7.92. The van der Waals surface area contributed by atoms with Gasteiger partial charge in [0.1, 0.15) is 5.75 Å². The molecule has 2 aromatic rings. The van der Waals surface area contributed by atoms with Crippen LogP contribution < -0.4 is 10.1 Å². The van der Waals surface area contributed by atoms with E-state index >= 15 is 0 Å². The van der Waals surface area contributed by atoms with Crippen molar-refractivity contribution in [3.8, 4) is 5.75 Å². The third-order valence-corrected chi connectivity index (χ3v) is 7.93. The molecule has 1 heterocycles. The Kier molecular flexibility index (Phi) is 7.84. The quantitative estimate of drug-likeness (QED) is 0.610. The fourth-order valence-electron chi connectivity index (χ4n) is 4.14. The molecule has 1 aliphatic rings. The molecule has 0 aromatic heterocycles. The van der Waals surface area contributed by atoms with Crippen LogP contribution in [0.25, 0.3) is 0 Å². The second-order valence-corrected chi connectivity index (χ2v) is 10.0. The molecule has 6 nitrogen and oxygen atoms in total. The Labute approximate surface area is 187 Å². The Hall–Kier alpha value is -2.52. The summed E-state index contributed by atoms with van der Waals surface area (Å²) >= 11 is 0. The number of piperidine rings is 1. The zero-order valence-corrected chi connectivity index (χ0v) is 18.8. The molecule has 1 N–H and O–H groups in total. The standard InChI is InChI=1S/C23H28F2N2O4S/c1-2-16-32(29,30)27-14-12-23(13-15-27,18-8-4-3-5-9-18)17-26-21(28)19-10-6-7-11-20(19)31-22(24)25/h3-11,22H,2,12-17H2,1H3,(H,26,28). The Morgan fingerprint density at radius 2 is 1.72 bits per heavy atom. The number of carbonyl (C=O) groups excluding carboxylic acids is 1. The van der Waals surface area contributed by atoms with Gasteiger partial charge in [0.2, 0.25) is 10.0 Å². The second kappa shape index (κ2) is 10.4. The normalized spacial score (nSPS) is 16.6. The Morgan fingerprint density at radius 3 is 2.34 bits per heavy atom. The van der Waals surface area contributed by atoms with Crippen molar-refractivity contribution < 1.29 is 26.7 Å². The molecular weight excluding hydrogens is 438 g/mol. The molecule has 1 aliphatic heterocycles. The number of hydrogen-bond acceptors (Lipinski definition) is 4. The number of nitrogens with one attached hydrogen (secondary N) is 1. The first-order chi connectivity index (χ1) is 15.3. The van der Waals surface area contributed by atoms with Gasteiger partial charge in [0.15, 0.2) is 0 Å². The van der Waals surface area contributed by atoms with Gasteiger partial charge < -0.3 is 10.1 Å². The van der Waals surface area contributed by atoms with E-state index in [0.717, 1.165) is 5.56 Å². The Bertz CT molecular complexity index is 1010. The lowest BCUT2D eigenvalue weighted by Gasteiger charge is -2.42. The number of amides is 1. The van der Waals surface area contributed by atoms with Gasteiger partial charge in [-0.2, -0.15) is 8.78 Å². The van der Waals surface area contributed by atoms with E-state index in [2.05, 4.69) is 10.1 Å². The van der Waals surface area contributed by atoms with E-state index in [1.165, 1.54) is 22.5 Å². The maximum Gasteiger partial charge on any atom is 0.387 e. The van der Waals surface area contributed by atoms with Crippen molar-refractivity contribution in [3.05, 3.63) is 65.7 Å². The highest BCUT2D eigenvalue weighted by Crippen LogP contribution is 2.36. The third-order valence-electron chi connectivity index (χ3n) is 5.86. The molecule has 9 heteroatoms. The van der Waals surface area contributed by atoms with Crippen LogP contribution in [0.2, 0.25) is 0 Å². The van der Waals surface area contributed by atoms with Crippen LogP contribution in [0.1, 0.15) is 42.1 Å². The lowest BCUT2D eigenvalue weighted by molar-refractivity contribution is -0.0501.